The minimum absolute atomic E-state index is 0.120. The van der Waals surface area contributed by atoms with E-state index in [-0.39, 0.29) is 11.2 Å². The maximum absolute atomic E-state index is 11.7. The van der Waals surface area contributed by atoms with Gasteiger partial charge in [0.15, 0.2) is 0 Å². The fourth-order valence-electron chi connectivity index (χ4n) is 1.88. The Kier molecular flexibility index (Phi) is 2.69. The minimum Gasteiger partial charge on any atom is -0.295 e. The molecule has 0 radical (unpaired) electrons. The van der Waals surface area contributed by atoms with Crippen molar-refractivity contribution in [3.05, 3.63) is 23.4 Å². The van der Waals surface area contributed by atoms with Crippen LogP contribution in [0.1, 0.15) is 17.5 Å². The van der Waals surface area contributed by atoms with Gasteiger partial charge in [0.05, 0.1) is 0 Å². The highest BCUT2D eigenvalue weighted by Gasteiger charge is 2.29. The number of rotatable bonds is 1. The van der Waals surface area contributed by atoms with Gasteiger partial charge in [-0.3, -0.25) is 9.69 Å². The molecule has 1 amide bonds. The molecule has 1 atom stereocenters. The molecule has 0 N–H and O–H groups in total. The summed E-state index contributed by atoms with van der Waals surface area (Å²) < 4.78 is 0. The van der Waals surface area contributed by atoms with E-state index in [9.17, 15) is 4.79 Å². The maximum atomic E-state index is 11.7. The first-order valence-corrected chi connectivity index (χ1v) is 5.51. The molecule has 80 valence electrons. The van der Waals surface area contributed by atoms with Crippen LogP contribution in [0.5, 0.6) is 0 Å². The van der Waals surface area contributed by atoms with E-state index in [0.29, 0.717) is 13.0 Å². The number of thiol groups is 1. The van der Waals surface area contributed by atoms with Crippen molar-refractivity contribution in [2.45, 2.75) is 25.5 Å². The van der Waals surface area contributed by atoms with Crippen LogP contribution in [-0.4, -0.2) is 22.7 Å². The third kappa shape index (κ3) is 2.00. The smallest absolute Gasteiger partial charge is 0.229 e. The molecule has 0 saturated carbocycles. The molecule has 0 aliphatic carbocycles. The van der Waals surface area contributed by atoms with E-state index in [1.165, 1.54) is 0 Å². The number of aryl methyl sites for hydroxylation is 2. The molecule has 3 nitrogen and oxygen atoms in total. The van der Waals surface area contributed by atoms with Crippen LogP contribution in [-0.2, 0) is 4.79 Å². The van der Waals surface area contributed by atoms with Crippen molar-refractivity contribution in [1.29, 1.82) is 0 Å². The summed E-state index contributed by atoms with van der Waals surface area (Å²) >= 11 is 4.33. The first-order valence-electron chi connectivity index (χ1n) is 4.99. The Morgan fingerprint density at radius 2 is 2.27 bits per heavy atom. The summed E-state index contributed by atoms with van der Waals surface area (Å²) in [5.74, 6) is 0.900. The van der Waals surface area contributed by atoms with E-state index >= 15 is 0 Å². The monoisotopic (exact) mass is 222 g/mol. The molecular weight excluding hydrogens is 208 g/mol. The second-order valence-corrected chi connectivity index (χ2v) is 4.75. The lowest BCUT2D eigenvalue weighted by atomic mass is 10.2. The number of hydrogen-bond donors (Lipinski definition) is 1. The second kappa shape index (κ2) is 3.85. The van der Waals surface area contributed by atoms with Crippen LogP contribution in [0.25, 0.3) is 0 Å². The topological polar surface area (TPSA) is 33.2 Å². The van der Waals surface area contributed by atoms with E-state index in [2.05, 4.69) is 17.6 Å². The molecule has 15 heavy (non-hydrogen) atoms. The third-order valence-corrected chi connectivity index (χ3v) is 2.89. The fourth-order valence-corrected chi connectivity index (χ4v) is 2.20. The van der Waals surface area contributed by atoms with Crippen molar-refractivity contribution in [2.24, 2.45) is 0 Å². The van der Waals surface area contributed by atoms with Gasteiger partial charge in [0, 0.05) is 24.4 Å². The zero-order chi connectivity index (χ0) is 11.0. The van der Waals surface area contributed by atoms with Crippen molar-refractivity contribution < 1.29 is 4.79 Å². The van der Waals surface area contributed by atoms with Gasteiger partial charge in [0.2, 0.25) is 5.91 Å². The van der Waals surface area contributed by atoms with Crippen molar-refractivity contribution in [1.82, 2.24) is 4.98 Å². The van der Waals surface area contributed by atoms with Crippen LogP contribution in [0, 0.1) is 13.8 Å². The lowest BCUT2D eigenvalue weighted by molar-refractivity contribution is -0.117. The number of carbonyl (C=O) groups is 1. The highest BCUT2D eigenvalue weighted by molar-refractivity contribution is 7.81. The Balaban J connectivity index is 2.34. The number of anilines is 1. The van der Waals surface area contributed by atoms with Crippen LogP contribution in [0.2, 0.25) is 0 Å². The molecule has 1 unspecified atom stereocenters. The van der Waals surface area contributed by atoms with Crippen LogP contribution in [0.15, 0.2) is 12.3 Å². The van der Waals surface area contributed by atoms with E-state index in [0.717, 1.165) is 16.9 Å². The summed E-state index contributed by atoms with van der Waals surface area (Å²) in [6, 6.07) is 2.04. The average molecular weight is 222 g/mol. The summed E-state index contributed by atoms with van der Waals surface area (Å²) in [4.78, 5) is 17.7. The number of amides is 1. The maximum Gasteiger partial charge on any atom is 0.229 e. The molecule has 0 bridgehead atoms. The molecule has 0 spiro atoms. The Morgan fingerprint density at radius 3 is 2.80 bits per heavy atom. The van der Waals surface area contributed by atoms with Crippen LogP contribution < -0.4 is 4.90 Å². The zero-order valence-electron chi connectivity index (χ0n) is 8.90. The highest BCUT2D eigenvalue weighted by atomic mass is 32.1. The van der Waals surface area contributed by atoms with Gasteiger partial charge >= 0.3 is 0 Å². The lowest BCUT2D eigenvalue weighted by Gasteiger charge is -2.17. The predicted molar refractivity (Wildman–Crippen MR) is 63.5 cm³/mol. The van der Waals surface area contributed by atoms with Gasteiger partial charge in [-0.15, -0.1) is 0 Å². The van der Waals surface area contributed by atoms with Gasteiger partial charge in [-0.1, -0.05) is 6.07 Å². The van der Waals surface area contributed by atoms with Crippen molar-refractivity contribution in [2.75, 3.05) is 11.4 Å². The molecule has 1 saturated heterocycles. The van der Waals surface area contributed by atoms with E-state index < -0.39 is 0 Å². The van der Waals surface area contributed by atoms with Gasteiger partial charge < -0.3 is 0 Å². The Hall–Kier alpha value is -1.03. The number of pyridine rings is 1. The second-order valence-electron chi connectivity index (χ2n) is 4.02. The molecule has 1 aromatic rings. The molecule has 4 heteroatoms. The largest absolute Gasteiger partial charge is 0.295 e. The first kappa shape index (κ1) is 10.5. The van der Waals surface area contributed by atoms with Crippen LogP contribution in [0.4, 0.5) is 5.82 Å². The number of nitrogens with zero attached hydrogens (tertiary/aromatic N) is 2. The number of carbonyl (C=O) groups excluding carboxylic acids is 1. The molecule has 2 rings (SSSR count). The SMILES string of the molecule is Cc1cnc(N2CC(S)CC2=O)c(C)c1. The van der Waals surface area contributed by atoms with Gasteiger partial charge in [0.25, 0.3) is 0 Å². The Morgan fingerprint density at radius 1 is 1.53 bits per heavy atom. The molecule has 1 aromatic heterocycles. The molecule has 0 aromatic carbocycles. The molecule has 2 heterocycles. The van der Waals surface area contributed by atoms with Crippen LogP contribution in [0.3, 0.4) is 0 Å². The fraction of sp³-hybridized carbons (Fsp3) is 0.455. The Labute approximate surface area is 94.9 Å². The number of aromatic nitrogens is 1. The Bertz CT molecular complexity index is 406. The molecular formula is C11H14N2OS. The van der Waals surface area contributed by atoms with Crippen molar-refractivity contribution in [3.63, 3.8) is 0 Å². The quantitative estimate of drug-likeness (QED) is 0.734. The van der Waals surface area contributed by atoms with E-state index in [4.69, 9.17) is 0 Å². The normalized spacial score (nSPS) is 21.1. The van der Waals surface area contributed by atoms with Crippen molar-refractivity contribution >= 4 is 24.4 Å². The van der Waals surface area contributed by atoms with E-state index in [1.807, 2.05) is 19.9 Å². The summed E-state index contributed by atoms with van der Waals surface area (Å²) in [5, 5.41) is 0.139. The summed E-state index contributed by atoms with van der Waals surface area (Å²) in [7, 11) is 0. The van der Waals surface area contributed by atoms with Gasteiger partial charge in [-0.2, -0.15) is 12.6 Å². The van der Waals surface area contributed by atoms with Gasteiger partial charge in [0.1, 0.15) is 5.82 Å². The summed E-state index contributed by atoms with van der Waals surface area (Å²) in [6.45, 7) is 4.64. The van der Waals surface area contributed by atoms with Gasteiger partial charge in [-0.25, -0.2) is 4.98 Å². The van der Waals surface area contributed by atoms with Crippen LogP contribution >= 0.6 is 12.6 Å². The molecule has 1 aliphatic rings. The van der Waals surface area contributed by atoms with E-state index in [1.54, 1.807) is 11.1 Å². The molecule has 1 fully saturated rings. The summed E-state index contributed by atoms with van der Waals surface area (Å²) in [5.41, 5.74) is 2.16. The number of hydrogen-bond acceptors (Lipinski definition) is 3. The van der Waals surface area contributed by atoms with Crippen molar-refractivity contribution in [3.8, 4) is 0 Å². The minimum atomic E-state index is 0.120. The standard InChI is InChI=1S/C11H14N2OS/c1-7-3-8(2)11(12-5-7)13-6-9(15)4-10(13)14/h3,5,9,15H,4,6H2,1-2H3. The lowest BCUT2D eigenvalue weighted by Crippen LogP contribution is -2.26. The molecule has 1 aliphatic heterocycles. The van der Waals surface area contributed by atoms with Gasteiger partial charge in [-0.05, 0) is 25.0 Å². The summed E-state index contributed by atoms with van der Waals surface area (Å²) in [6.07, 6.45) is 2.31. The highest BCUT2D eigenvalue weighted by Crippen LogP contribution is 2.25. The zero-order valence-corrected chi connectivity index (χ0v) is 9.79. The predicted octanol–water partition coefficient (Wildman–Crippen LogP) is 1.73. The third-order valence-electron chi connectivity index (χ3n) is 2.55. The first-order chi connectivity index (χ1) is 7.08. The average Bonchev–Trinajstić information content (AvgIpc) is 2.45.